The van der Waals surface area contributed by atoms with Crippen LogP contribution in [0.4, 0.5) is 0 Å². The van der Waals surface area contributed by atoms with E-state index in [0.717, 1.165) is 5.69 Å². The highest BCUT2D eigenvalue weighted by molar-refractivity contribution is 5.12. The summed E-state index contributed by atoms with van der Waals surface area (Å²) in [5, 5.41) is 0. The number of aromatic nitrogens is 1. The summed E-state index contributed by atoms with van der Waals surface area (Å²) in [7, 11) is 0. The quantitative estimate of drug-likeness (QED) is 0.683. The minimum absolute atomic E-state index is 0.146. The van der Waals surface area contributed by atoms with Crippen molar-refractivity contribution in [1.29, 1.82) is 0 Å². The minimum atomic E-state index is -0.146. The van der Waals surface area contributed by atoms with Gasteiger partial charge in [-0.1, -0.05) is 11.6 Å². The van der Waals surface area contributed by atoms with E-state index in [1.807, 2.05) is 19.9 Å². The number of rotatable bonds is 2. The molecule has 2 N–H and O–H groups in total. The number of aryl methyl sites for hydroxylation is 1. The normalized spacial score (nSPS) is 12.7. The predicted molar refractivity (Wildman–Crippen MR) is 47.6 cm³/mol. The first-order valence-electron chi connectivity index (χ1n) is 3.92. The SMILES string of the molecule is CC(C)=CC(N)c1coc(C)n1. The molecule has 0 aliphatic carbocycles. The molecule has 1 unspecified atom stereocenters. The second kappa shape index (κ2) is 3.54. The van der Waals surface area contributed by atoms with Gasteiger partial charge < -0.3 is 10.2 Å². The number of hydrogen-bond donors (Lipinski definition) is 1. The fourth-order valence-corrected chi connectivity index (χ4v) is 0.978. The van der Waals surface area contributed by atoms with Gasteiger partial charge in [-0.15, -0.1) is 0 Å². The summed E-state index contributed by atoms with van der Waals surface area (Å²) in [6.45, 7) is 5.82. The fourth-order valence-electron chi connectivity index (χ4n) is 0.978. The Morgan fingerprint density at radius 2 is 2.33 bits per heavy atom. The molecule has 0 aliphatic rings. The molecule has 0 fully saturated rings. The molecule has 66 valence electrons. The largest absolute Gasteiger partial charge is 0.449 e. The van der Waals surface area contributed by atoms with Gasteiger partial charge in [0.1, 0.15) is 6.26 Å². The van der Waals surface area contributed by atoms with Gasteiger partial charge in [0.2, 0.25) is 0 Å². The van der Waals surface area contributed by atoms with Crippen LogP contribution in [-0.2, 0) is 0 Å². The lowest BCUT2D eigenvalue weighted by Gasteiger charge is -2.01. The third-order valence-corrected chi connectivity index (χ3v) is 1.49. The van der Waals surface area contributed by atoms with E-state index in [2.05, 4.69) is 4.98 Å². The maximum Gasteiger partial charge on any atom is 0.191 e. The summed E-state index contributed by atoms with van der Waals surface area (Å²) in [5.41, 5.74) is 7.78. The topological polar surface area (TPSA) is 52.0 Å². The highest BCUT2D eigenvalue weighted by Gasteiger charge is 2.06. The van der Waals surface area contributed by atoms with Crippen LogP contribution in [0.5, 0.6) is 0 Å². The molecule has 1 aromatic heterocycles. The average Bonchev–Trinajstić information content (AvgIpc) is 2.34. The van der Waals surface area contributed by atoms with E-state index in [4.69, 9.17) is 10.2 Å². The smallest absolute Gasteiger partial charge is 0.191 e. The van der Waals surface area contributed by atoms with Gasteiger partial charge >= 0.3 is 0 Å². The lowest BCUT2D eigenvalue weighted by molar-refractivity contribution is 0.520. The van der Waals surface area contributed by atoms with Gasteiger partial charge in [0.25, 0.3) is 0 Å². The van der Waals surface area contributed by atoms with Crippen LogP contribution in [0.25, 0.3) is 0 Å². The summed E-state index contributed by atoms with van der Waals surface area (Å²) < 4.78 is 5.05. The molecule has 12 heavy (non-hydrogen) atoms. The lowest BCUT2D eigenvalue weighted by atomic mass is 10.2. The van der Waals surface area contributed by atoms with Crippen LogP contribution in [-0.4, -0.2) is 4.98 Å². The highest BCUT2D eigenvalue weighted by Crippen LogP contribution is 2.12. The van der Waals surface area contributed by atoms with Crippen molar-refractivity contribution in [1.82, 2.24) is 4.98 Å². The molecule has 3 nitrogen and oxygen atoms in total. The van der Waals surface area contributed by atoms with Crippen LogP contribution in [0.2, 0.25) is 0 Å². The summed E-state index contributed by atoms with van der Waals surface area (Å²) >= 11 is 0. The van der Waals surface area contributed by atoms with Crippen molar-refractivity contribution in [3.63, 3.8) is 0 Å². The molecular weight excluding hydrogens is 152 g/mol. The molecule has 0 radical (unpaired) electrons. The molecule has 0 saturated carbocycles. The van der Waals surface area contributed by atoms with E-state index < -0.39 is 0 Å². The van der Waals surface area contributed by atoms with Crippen LogP contribution in [0.1, 0.15) is 31.5 Å². The van der Waals surface area contributed by atoms with E-state index >= 15 is 0 Å². The molecule has 0 bridgehead atoms. The average molecular weight is 166 g/mol. The molecule has 0 aliphatic heterocycles. The van der Waals surface area contributed by atoms with Crippen LogP contribution in [0, 0.1) is 6.92 Å². The fraction of sp³-hybridized carbons (Fsp3) is 0.444. The summed E-state index contributed by atoms with van der Waals surface area (Å²) in [6.07, 6.45) is 3.55. The summed E-state index contributed by atoms with van der Waals surface area (Å²) in [5.74, 6) is 0.655. The minimum Gasteiger partial charge on any atom is -0.449 e. The first-order chi connectivity index (χ1) is 5.59. The van der Waals surface area contributed by atoms with E-state index in [1.54, 1.807) is 13.2 Å². The Bertz CT molecular complexity index is 284. The zero-order valence-electron chi connectivity index (χ0n) is 7.66. The Hall–Kier alpha value is -1.09. The van der Waals surface area contributed by atoms with Gasteiger partial charge in [0.15, 0.2) is 5.89 Å². The predicted octanol–water partition coefficient (Wildman–Crippen LogP) is 1.95. The van der Waals surface area contributed by atoms with Crippen molar-refractivity contribution in [3.05, 3.63) is 29.5 Å². The maximum absolute atomic E-state index is 5.81. The molecule has 0 spiro atoms. The van der Waals surface area contributed by atoms with Crippen molar-refractivity contribution >= 4 is 0 Å². The van der Waals surface area contributed by atoms with Crippen molar-refractivity contribution in [3.8, 4) is 0 Å². The molecule has 0 amide bonds. The van der Waals surface area contributed by atoms with Gasteiger partial charge in [0.05, 0.1) is 11.7 Å². The van der Waals surface area contributed by atoms with Crippen LogP contribution < -0.4 is 5.73 Å². The Morgan fingerprint density at radius 3 is 2.75 bits per heavy atom. The molecular formula is C9H14N2O. The Kier molecular flexibility index (Phi) is 2.65. The van der Waals surface area contributed by atoms with Gasteiger partial charge in [0, 0.05) is 6.92 Å². The van der Waals surface area contributed by atoms with Crippen molar-refractivity contribution in [2.24, 2.45) is 5.73 Å². The first kappa shape index (κ1) is 9.00. The molecule has 1 atom stereocenters. The third kappa shape index (κ3) is 2.20. The maximum atomic E-state index is 5.81. The van der Waals surface area contributed by atoms with E-state index in [-0.39, 0.29) is 6.04 Å². The summed E-state index contributed by atoms with van der Waals surface area (Å²) in [4.78, 5) is 4.13. The van der Waals surface area contributed by atoms with Crippen LogP contribution in [0.3, 0.4) is 0 Å². The zero-order chi connectivity index (χ0) is 9.14. The molecule has 0 saturated heterocycles. The standard InChI is InChI=1S/C9H14N2O/c1-6(2)4-8(10)9-5-12-7(3)11-9/h4-5,8H,10H2,1-3H3. The van der Waals surface area contributed by atoms with Crippen molar-refractivity contribution in [2.45, 2.75) is 26.8 Å². The number of hydrogen-bond acceptors (Lipinski definition) is 3. The molecule has 1 heterocycles. The van der Waals surface area contributed by atoms with Gasteiger partial charge in [-0.05, 0) is 13.8 Å². The molecule has 0 aromatic carbocycles. The number of oxazole rings is 1. The second-order valence-corrected chi connectivity index (χ2v) is 3.06. The number of nitrogens with two attached hydrogens (primary N) is 1. The van der Waals surface area contributed by atoms with Gasteiger partial charge in [-0.2, -0.15) is 0 Å². The van der Waals surface area contributed by atoms with E-state index in [9.17, 15) is 0 Å². The summed E-state index contributed by atoms with van der Waals surface area (Å²) in [6, 6.07) is -0.146. The van der Waals surface area contributed by atoms with Gasteiger partial charge in [-0.3, -0.25) is 0 Å². The van der Waals surface area contributed by atoms with Crippen LogP contribution >= 0.6 is 0 Å². The second-order valence-electron chi connectivity index (χ2n) is 3.06. The molecule has 1 rings (SSSR count). The van der Waals surface area contributed by atoms with E-state index in [1.165, 1.54) is 5.57 Å². The Morgan fingerprint density at radius 1 is 1.67 bits per heavy atom. The molecule has 1 aromatic rings. The van der Waals surface area contributed by atoms with E-state index in [0.29, 0.717) is 5.89 Å². The highest BCUT2D eigenvalue weighted by atomic mass is 16.3. The number of nitrogens with zero attached hydrogens (tertiary/aromatic N) is 1. The Balaban J connectivity index is 2.78. The van der Waals surface area contributed by atoms with Crippen molar-refractivity contribution < 1.29 is 4.42 Å². The van der Waals surface area contributed by atoms with Crippen molar-refractivity contribution in [2.75, 3.05) is 0 Å². The lowest BCUT2D eigenvalue weighted by Crippen LogP contribution is -2.07. The Labute approximate surface area is 72.3 Å². The van der Waals surface area contributed by atoms with Gasteiger partial charge in [-0.25, -0.2) is 4.98 Å². The monoisotopic (exact) mass is 166 g/mol. The molecule has 3 heteroatoms. The van der Waals surface area contributed by atoms with Crippen LogP contribution in [0.15, 0.2) is 22.3 Å². The third-order valence-electron chi connectivity index (χ3n) is 1.49. The zero-order valence-corrected chi connectivity index (χ0v) is 7.66. The first-order valence-corrected chi connectivity index (χ1v) is 3.92. The number of allylic oxidation sites excluding steroid dienone is 1.